The molecule has 1 amide bonds. The first kappa shape index (κ1) is 20.6. The van der Waals surface area contributed by atoms with Crippen LogP contribution in [0.15, 0.2) is 34.4 Å². The van der Waals surface area contributed by atoms with Crippen molar-refractivity contribution in [1.82, 2.24) is 9.97 Å². The van der Waals surface area contributed by atoms with Gasteiger partial charge < -0.3 is 25.3 Å². The van der Waals surface area contributed by atoms with Crippen LogP contribution in [0.1, 0.15) is 10.5 Å². The highest BCUT2D eigenvalue weighted by Crippen LogP contribution is 2.32. The Balaban J connectivity index is 1.78. The summed E-state index contributed by atoms with van der Waals surface area (Å²) >= 11 is 12.9. The van der Waals surface area contributed by atoms with Gasteiger partial charge in [-0.05, 0) is 29.6 Å². The number of hydrogen-bond donors (Lipinski definition) is 4. The number of benzene rings is 1. The Morgan fingerprint density at radius 2 is 2.03 bits per heavy atom. The van der Waals surface area contributed by atoms with E-state index in [-0.39, 0.29) is 28.9 Å². The van der Waals surface area contributed by atoms with Gasteiger partial charge in [0, 0.05) is 5.02 Å². The van der Waals surface area contributed by atoms with E-state index in [1.807, 2.05) is 0 Å². The maximum absolute atomic E-state index is 12.2. The van der Waals surface area contributed by atoms with Crippen molar-refractivity contribution in [1.29, 1.82) is 0 Å². The number of halogens is 2. The van der Waals surface area contributed by atoms with E-state index in [4.69, 9.17) is 33.0 Å². The van der Waals surface area contributed by atoms with E-state index in [0.717, 1.165) is 11.3 Å². The second-order valence-corrected chi connectivity index (χ2v) is 7.25. The summed E-state index contributed by atoms with van der Waals surface area (Å²) in [6.45, 7) is -0.365. The Labute approximate surface area is 176 Å². The lowest BCUT2D eigenvalue weighted by Gasteiger charge is -2.10. The van der Waals surface area contributed by atoms with Crippen LogP contribution in [0.5, 0.6) is 11.5 Å². The van der Waals surface area contributed by atoms with Crippen LogP contribution in [0.3, 0.4) is 0 Å². The lowest BCUT2D eigenvalue weighted by atomic mass is 10.3. The maximum atomic E-state index is 12.2. The number of nitrogens with one attached hydrogen (secondary N) is 2. The number of nitrogens with zero attached hydrogens (tertiary/aromatic N) is 1. The molecule has 2 aromatic heterocycles. The highest BCUT2D eigenvalue weighted by molar-refractivity contribution is 7.14. The maximum Gasteiger partial charge on any atom is 0.358 e. The summed E-state index contributed by atoms with van der Waals surface area (Å²) in [6.07, 6.45) is 0. The second kappa shape index (κ2) is 8.52. The molecule has 29 heavy (non-hydrogen) atoms. The highest BCUT2D eigenvalue weighted by Gasteiger charge is 2.20. The molecule has 3 rings (SSSR count). The first-order valence-corrected chi connectivity index (χ1v) is 9.42. The molecule has 0 spiro atoms. The van der Waals surface area contributed by atoms with Crippen molar-refractivity contribution in [3.8, 4) is 22.2 Å². The van der Waals surface area contributed by atoms with Crippen LogP contribution < -0.4 is 15.6 Å². The summed E-state index contributed by atoms with van der Waals surface area (Å²) in [5, 5.41) is 23.5. The average Bonchev–Trinajstić information content (AvgIpc) is 3.11. The van der Waals surface area contributed by atoms with Gasteiger partial charge in [-0.2, -0.15) is 0 Å². The van der Waals surface area contributed by atoms with Gasteiger partial charge in [0.1, 0.15) is 5.75 Å². The molecule has 4 N–H and O–H groups in total. The van der Waals surface area contributed by atoms with Gasteiger partial charge in [0.25, 0.3) is 11.5 Å². The number of anilines is 1. The Hall–Kier alpha value is -3.08. The number of carboxylic acids is 1. The third-order valence-electron chi connectivity index (χ3n) is 3.50. The quantitative estimate of drug-likeness (QED) is 0.446. The van der Waals surface area contributed by atoms with E-state index in [2.05, 4.69) is 15.3 Å². The summed E-state index contributed by atoms with van der Waals surface area (Å²) < 4.78 is 5.35. The van der Waals surface area contributed by atoms with Gasteiger partial charge in [0.05, 0.1) is 15.6 Å². The van der Waals surface area contributed by atoms with E-state index < -0.39 is 28.9 Å². The van der Waals surface area contributed by atoms with Crippen molar-refractivity contribution in [2.24, 2.45) is 0 Å². The van der Waals surface area contributed by atoms with Gasteiger partial charge in [-0.25, -0.2) is 9.78 Å². The van der Waals surface area contributed by atoms with Crippen LogP contribution in [0.2, 0.25) is 10.0 Å². The standard InChI is InChI=1S/C17H11Cl2N3O6S/c18-7-1-2-10(8(19)5-7)28-6-11(23)20-9-3-4-29-14(9)15-21-12(17(26)27)13(24)16(25)22-15/h1-5,24H,6H2,(H,20,23)(H,26,27)(H,21,22,25). The predicted octanol–water partition coefficient (Wildman–Crippen LogP) is 3.23. The van der Waals surface area contributed by atoms with Crippen molar-refractivity contribution >= 4 is 52.1 Å². The van der Waals surface area contributed by atoms with Crippen molar-refractivity contribution < 1.29 is 24.5 Å². The van der Waals surface area contributed by atoms with Crippen LogP contribution in [0.4, 0.5) is 5.69 Å². The highest BCUT2D eigenvalue weighted by atomic mass is 35.5. The molecule has 0 aliphatic heterocycles. The largest absolute Gasteiger partial charge is 0.501 e. The zero-order chi connectivity index (χ0) is 21.1. The summed E-state index contributed by atoms with van der Waals surface area (Å²) in [4.78, 5) is 41.5. The molecule has 0 saturated heterocycles. The molecule has 0 aliphatic rings. The lowest BCUT2D eigenvalue weighted by Crippen LogP contribution is -2.20. The second-order valence-electron chi connectivity index (χ2n) is 5.49. The molecule has 3 aromatic rings. The number of rotatable bonds is 6. The number of thiophene rings is 1. The zero-order valence-corrected chi connectivity index (χ0v) is 16.6. The number of ether oxygens (including phenoxy) is 1. The number of carbonyl (C=O) groups is 2. The third-order valence-corrected chi connectivity index (χ3v) is 4.96. The van der Waals surface area contributed by atoms with Gasteiger partial charge in [0.15, 0.2) is 18.1 Å². The number of aromatic hydroxyl groups is 1. The molecule has 1 aromatic carbocycles. The summed E-state index contributed by atoms with van der Waals surface area (Å²) in [5.41, 5.74) is -1.54. The van der Waals surface area contributed by atoms with Crippen molar-refractivity contribution in [3.05, 3.63) is 55.7 Å². The van der Waals surface area contributed by atoms with Gasteiger partial charge in [-0.15, -0.1) is 11.3 Å². The molecule has 0 unspecified atom stereocenters. The smallest absolute Gasteiger partial charge is 0.358 e. The number of carbonyl (C=O) groups excluding carboxylic acids is 1. The summed E-state index contributed by atoms with van der Waals surface area (Å²) in [6, 6.07) is 6.09. The molecule has 2 heterocycles. The van der Waals surface area contributed by atoms with E-state index >= 15 is 0 Å². The van der Waals surface area contributed by atoms with Gasteiger partial charge in [0.2, 0.25) is 5.75 Å². The number of aromatic amines is 1. The molecule has 0 bridgehead atoms. The van der Waals surface area contributed by atoms with Crippen molar-refractivity contribution in [3.63, 3.8) is 0 Å². The SMILES string of the molecule is O=C(COc1ccc(Cl)cc1Cl)Nc1ccsc1-c1nc(C(=O)O)c(O)c(=O)[nH]1. The molecule has 9 nitrogen and oxygen atoms in total. The molecular weight excluding hydrogens is 445 g/mol. The fourth-order valence-electron chi connectivity index (χ4n) is 2.24. The van der Waals surface area contributed by atoms with Crippen LogP contribution >= 0.6 is 34.5 Å². The van der Waals surface area contributed by atoms with Crippen LogP contribution in [-0.2, 0) is 4.79 Å². The van der Waals surface area contributed by atoms with Crippen LogP contribution in [0, 0.1) is 0 Å². The van der Waals surface area contributed by atoms with Gasteiger partial charge >= 0.3 is 5.97 Å². The molecule has 0 saturated carbocycles. The number of amides is 1. The van der Waals surface area contributed by atoms with E-state index in [9.17, 15) is 19.5 Å². The first-order valence-electron chi connectivity index (χ1n) is 7.78. The van der Waals surface area contributed by atoms with Gasteiger partial charge in [-0.1, -0.05) is 23.2 Å². The Morgan fingerprint density at radius 3 is 2.72 bits per heavy atom. The third kappa shape index (κ3) is 4.67. The summed E-state index contributed by atoms with van der Waals surface area (Å²) in [7, 11) is 0. The van der Waals surface area contributed by atoms with E-state index in [1.165, 1.54) is 12.1 Å². The molecule has 0 radical (unpaired) electrons. The average molecular weight is 456 g/mol. The molecule has 0 fully saturated rings. The van der Waals surface area contributed by atoms with Crippen molar-refractivity contribution in [2.45, 2.75) is 0 Å². The summed E-state index contributed by atoms with van der Waals surface area (Å²) in [5.74, 6) is -2.94. The zero-order valence-electron chi connectivity index (χ0n) is 14.2. The Kier molecular flexibility index (Phi) is 6.06. The molecule has 12 heteroatoms. The number of aromatic carboxylic acids is 1. The first-order chi connectivity index (χ1) is 13.8. The number of hydrogen-bond acceptors (Lipinski definition) is 7. The Bertz CT molecular complexity index is 1160. The Morgan fingerprint density at radius 1 is 1.28 bits per heavy atom. The fourth-order valence-corrected chi connectivity index (χ4v) is 3.49. The lowest BCUT2D eigenvalue weighted by molar-refractivity contribution is -0.118. The van der Waals surface area contributed by atoms with Crippen LogP contribution in [0.25, 0.3) is 10.7 Å². The molecular formula is C17H11Cl2N3O6S. The van der Waals surface area contributed by atoms with Gasteiger partial charge in [-0.3, -0.25) is 9.59 Å². The number of H-pyrrole nitrogens is 1. The topological polar surface area (TPSA) is 142 Å². The minimum absolute atomic E-state index is 0.114. The minimum atomic E-state index is -1.56. The molecule has 150 valence electrons. The van der Waals surface area contributed by atoms with Crippen LogP contribution in [-0.4, -0.2) is 38.7 Å². The fraction of sp³-hybridized carbons (Fsp3) is 0.0588. The number of carboxylic acid groups (broad SMARTS) is 1. The van der Waals surface area contributed by atoms with E-state index in [0.29, 0.717) is 9.90 Å². The van der Waals surface area contributed by atoms with Crippen molar-refractivity contribution in [2.75, 3.05) is 11.9 Å². The predicted molar refractivity (Wildman–Crippen MR) is 107 cm³/mol. The number of aromatic nitrogens is 2. The van der Waals surface area contributed by atoms with E-state index in [1.54, 1.807) is 17.5 Å². The minimum Gasteiger partial charge on any atom is -0.501 e. The monoisotopic (exact) mass is 455 g/mol. The normalized spacial score (nSPS) is 10.6. The molecule has 0 aliphatic carbocycles. The molecule has 0 atom stereocenters.